The van der Waals surface area contributed by atoms with Crippen LogP contribution in [0.1, 0.15) is 34.9 Å². The number of carboxylic acids is 4. The minimum absolute atomic E-state index is 0.0976. The number of carboxylic acid groups (broad SMARTS) is 4. The van der Waals surface area contributed by atoms with Gasteiger partial charge in [-0.2, -0.15) is 0 Å². The molecule has 4 aromatic rings. The van der Waals surface area contributed by atoms with Crippen LogP contribution in [0.5, 0.6) is 0 Å². The van der Waals surface area contributed by atoms with E-state index in [-0.39, 0.29) is 24.5 Å². The predicted molar refractivity (Wildman–Crippen MR) is 171 cm³/mol. The van der Waals surface area contributed by atoms with E-state index in [1.165, 1.54) is 41.8 Å². The van der Waals surface area contributed by atoms with Crippen molar-refractivity contribution in [3.63, 3.8) is 0 Å². The number of pyridine rings is 4. The van der Waals surface area contributed by atoms with E-state index in [2.05, 4.69) is 19.9 Å². The van der Waals surface area contributed by atoms with Gasteiger partial charge in [-0.1, -0.05) is 24.3 Å². The molecule has 2 aliphatic rings. The highest BCUT2D eigenvalue weighted by molar-refractivity contribution is 6.09. The van der Waals surface area contributed by atoms with Crippen LogP contribution in [0.2, 0.25) is 0 Å². The standard InChI is InChI=1S/C35H32N6O9/c42-29(43)25(30(44)45)34-19-40(17-21-9-1-5-13-36-21)20-35(33(34)50,26(31(46)47)32(48)49)28(24-12-4-8-16-39-24)41(18-22-10-2-6-14-37-22)27(34)23-11-3-7-15-38-23/h1-16,25-28H,17-20H2,(H,42,43)(H,44,45)(H,46,47)(H,48,49). The molecule has 2 aliphatic heterocycles. The lowest BCUT2D eigenvalue weighted by molar-refractivity contribution is -0.217. The normalized spacial score (nSPS) is 23.8. The summed E-state index contributed by atoms with van der Waals surface area (Å²) in [6, 6.07) is 16.5. The Morgan fingerprint density at radius 2 is 0.980 bits per heavy atom. The van der Waals surface area contributed by atoms with Crippen LogP contribution in [0.15, 0.2) is 97.6 Å². The molecule has 15 nitrogen and oxygen atoms in total. The number of likely N-dealkylation sites (tertiary alicyclic amines) is 2. The number of ketones is 1. The number of carbonyl (C=O) groups is 5. The van der Waals surface area contributed by atoms with Gasteiger partial charge in [0.15, 0.2) is 17.6 Å². The fourth-order valence-corrected chi connectivity index (χ4v) is 8.02. The van der Waals surface area contributed by atoms with E-state index in [1.807, 2.05) is 0 Å². The Hall–Kier alpha value is -5.93. The van der Waals surface area contributed by atoms with Gasteiger partial charge in [-0.05, 0) is 48.5 Å². The first-order valence-corrected chi connectivity index (χ1v) is 15.6. The Morgan fingerprint density at radius 1 is 0.600 bits per heavy atom. The van der Waals surface area contributed by atoms with Crippen molar-refractivity contribution in [1.29, 1.82) is 0 Å². The van der Waals surface area contributed by atoms with Gasteiger partial charge in [0.1, 0.15) is 0 Å². The summed E-state index contributed by atoms with van der Waals surface area (Å²) in [5.74, 6) is -13.5. The van der Waals surface area contributed by atoms with Crippen LogP contribution >= 0.6 is 0 Å². The van der Waals surface area contributed by atoms with Crippen LogP contribution in [-0.4, -0.2) is 92.9 Å². The number of rotatable bonds is 12. The molecule has 4 aromatic heterocycles. The predicted octanol–water partition coefficient (Wildman–Crippen LogP) is 2.19. The molecule has 2 fully saturated rings. The average Bonchev–Trinajstić information content (AvgIpc) is 3.08. The van der Waals surface area contributed by atoms with Crippen LogP contribution in [0.4, 0.5) is 0 Å². The molecule has 4 unspecified atom stereocenters. The highest BCUT2D eigenvalue weighted by Gasteiger charge is 2.77. The first kappa shape index (κ1) is 34.0. The van der Waals surface area contributed by atoms with E-state index in [1.54, 1.807) is 65.6 Å². The van der Waals surface area contributed by atoms with Crippen LogP contribution in [0.3, 0.4) is 0 Å². The number of hydrogen-bond donors (Lipinski definition) is 4. The van der Waals surface area contributed by atoms with Crippen molar-refractivity contribution in [2.45, 2.75) is 25.2 Å². The maximum absolute atomic E-state index is 15.7. The highest BCUT2D eigenvalue weighted by Crippen LogP contribution is 2.65. The molecule has 50 heavy (non-hydrogen) atoms. The fourth-order valence-electron chi connectivity index (χ4n) is 8.02. The van der Waals surface area contributed by atoms with Gasteiger partial charge in [-0.3, -0.25) is 53.7 Å². The molecule has 15 heteroatoms. The summed E-state index contributed by atoms with van der Waals surface area (Å²) in [7, 11) is 0. The zero-order valence-electron chi connectivity index (χ0n) is 26.4. The van der Waals surface area contributed by atoms with E-state index >= 15 is 4.79 Å². The Labute approximate surface area is 284 Å². The highest BCUT2D eigenvalue weighted by atomic mass is 16.4. The minimum atomic E-state index is -2.51. The van der Waals surface area contributed by atoms with Gasteiger partial charge in [0.25, 0.3) is 0 Å². The molecule has 0 saturated carbocycles. The van der Waals surface area contributed by atoms with Crippen LogP contribution < -0.4 is 0 Å². The summed E-state index contributed by atoms with van der Waals surface area (Å²) in [6.07, 6.45) is 5.83. The van der Waals surface area contributed by atoms with E-state index in [0.29, 0.717) is 11.4 Å². The van der Waals surface area contributed by atoms with Gasteiger partial charge in [0.2, 0.25) is 0 Å². The largest absolute Gasteiger partial charge is 0.481 e. The number of hydrogen-bond acceptors (Lipinski definition) is 11. The maximum Gasteiger partial charge on any atom is 0.319 e. The maximum atomic E-state index is 15.7. The van der Waals surface area contributed by atoms with Crippen LogP contribution in [-0.2, 0) is 37.1 Å². The lowest BCUT2D eigenvalue weighted by Crippen LogP contribution is -2.77. The number of piperidine rings is 2. The van der Waals surface area contributed by atoms with E-state index in [9.17, 15) is 39.6 Å². The van der Waals surface area contributed by atoms with E-state index in [0.717, 1.165) is 0 Å². The molecular formula is C35H32N6O9. The zero-order chi connectivity index (χ0) is 35.6. The lowest BCUT2D eigenvalue weighted by atomic mass is 9.47. The third kappa shape index (κ3) is 5.65. The zero-order valence-corrected chi connectivity index (χ0v) is 26.4. The second-order valence-electron chi connectivity index (χ2n) is 12.4. The van der Waals surface area contributed by atoms with Gasteiger partial charge in [0, 0.05) is 51.0 Å². The van der Waals surface area contributed by atoms with Crippen molar-refractivity contribution < 1.29 is 44.4 Å². The van der Waals surface area contributed by atoms with Gasteiger partial charge >= 0.3 is 23.9 Å². The summed E-state index contributed by atoms with van der Waals surface area (Å²) in [5, 5.41) is 42.8. The van der Waals surface area contributed by atoms with E-state index < -0.39 is 77.5 Å². The van der Waals surface area contributed by atoms with Crippen molar-refractivity contribution in [2.75, 3.05) is 13.1 Å². The van der Waals surface area contributed by atoms with Gasteiger partial charge in [-0.25, -0.2) is 0 Å². The molecule has 4 atom stereocenters. The van der Waals surface area contributed by atoms with Crippen molar-refractivity contribution in [3.8, 4) is 0 Å². The van der Waals surface area contributed by atoms with Crippen LogP contribution in [0.25, 0.3) is 0 Å². The molecule has 0 radical (unpaired) electrons. The summed E-state index contributed by atoms with van der Waals surface area (Å²) in [5.41, 5.74) is -3.98. The second kappa shape index (κ2) is 13.5. The number of aromatic nitrogens is 4. The van der Waals surface area contributed by atoms with Gasteiger partial charge in [-0.15, -0.1) is 0 Å². The lowest BCUT2D eigenvalue weighted by Gasteiger charge is -2.65. The third-order valence-electron chi connectivity index (χ3n) is 9.59. The summed E-state index contributed by atoms with van der Waals surface area (Å²) in [4.78, 5) is 89.5. The third-order valence-corrected chi connectivity index (χ3v) is 9.59. The Morgan fingerprint density at radius 3 is 1.32 bits per heavy atom. The Kier molecular flexibility index (Phi) is 9.18. The van der Waals surface area contributed by atoms with Crippen molar-refractivity contribution in [1.82, 2.24) is 29.7 Å². The SMILES string of the molecule is O=C(O)C(C(=O)O)C12CN(Cc3ccccn3)CC(C(C(=O)O)C(=O)O)(C1=O)C(c1ccccn1)N(Cc1ccccn1)C2c1ccccn1. The molecule has 0 amide bonds. The quantitative estimate of drug-likeness (QED) is 0.157. The number of carbonyl (C=O) groups excluding carboxylic acids is 1. The molecule has 0 aliphatic carbocycles. The molecule has 6 rings (SSSR count). The molecule has 256 valence electrons. The Bertz CT molecular complexity index is 1780. The van der Waals surface area contributed by atoms with E-state index in [4.69, 9.17) is 0 Å². The molecule has 6 heterocycles. The molecule has 0 aromatic carbocycles. The smallest absolute Gasteiger partial charge is 0.319 e. The summed E-state index contributed by atoms with van der Waals surface area (Å²) < 4.78 is 0. The molecule has 2 saturated heterocycles. The minimum Gasteiger partial charge on any atom is -0.481 e. The molecule has 0 spiro atoms. The molecule has 2 bridgehead atoms. The first-order valence-electron chi connectivity index (χ1n) is 15.6. The number of Topliss-reactive ketones (excluding diaryl/α,β-unsaturated/α-hetero) is 1. The topological polar surface area (TPSA) is 224 Å². The van der Waals surface area contributed by atoms with Crippen LogP contribution in [0, 0.1) is 22.7 Å². The average molecular weight is 681 g/mol. The Balaban J connectivity index is 1.78. The number of aliphatic carboxylic acids is 4. The molecule has 4 N–H and O–H groups in total. The van der Waals surface area contributed by atoms with Crippen molar-refractivity contribution in [2.24, 2.45) is 22.7 Å². The summed E-state index contributed by atoms with van der Waals surface area (Å²) >= 11 is 0. The van der Waals surface area contributed by atoms with Crippen molar-refractivity contribution >= 4 is 29.7 Å². The second-order valence-corrected chi connectivity index (χ2v) is 12.4. The van der Waals surface area contributed by atoms with Gasteiger partial charge in [0.05, 0.1) is 45.7 Å². The van der Waals surface area contributed by atoms with Crippen molar-refractivity contribution in [3.05, 3.63) is 120 Å². The first-order chi connectivity index (χ1) is 24.0. The fraction of sp³-hybridized carbons (Fsp3) is 0.286. The monoisotopic (exact) mass is 680 g/mol. The summed E-state index contributed by atoms with van der Waals surface area (Å²) in [6.45, 7) is -1.33. The number of nitrogens with zero attached hydrogens (tertiary/aromatic N) is 6. The van der Waals surface area contributed by atoms with Gasteiger partial charge < -0.3 is 20.4 Å². The number of fused-ring (bicyclic) bond motifs is 2. The molecular weight excluding hydrogens is 648 g/mol.